The molecule has 0 radical (unpaired) electrons. The summed E-state index contributed by atoms with van der Waals surface area (Å²) in [4.78, 5) is 25.4. The largest absolute Gasteiger partial charge is 0.449 e. The molecule has 2 aliphatic rings. The minimum Gasteiger partial charge on any atom is -0.449 e. The van der Waals surface area contributed by atoms with Gasteiger partial charge in [0.05, 0.1) is 12.1 Å². The van der Waals surface area contributed by atoms with Gasteiger partial charge in [-0.25, -0.2) is 9.36 Å². The number of hydrogen-bond donors (Lipinski definition) is 0. The zero-order valence-corrected chi connectivity index (χ0v) is 16.4. The van der Waals surface area contributed by atoms with Crippen LogP contribution in [0.25, 0.3) is 10.9 Å². The molecule has 1 fully saturated rings. The van der Waals surface area contributed by atoms with E-state index in [0.717, 1.165) is 35.0 Å². The molecular formula is C23H29NO3. The van der Waals surface area contributed by atoms with Crippen LogP contribution in [0.3, 0.4) is 0 Å². The average molecular weight is 367 g/mol. The first-order valence-corrected chi connectivity index (χ1v) is 10.4. The van der Waals surface area contributed by atoms with Gasteiger partial charge in [-0.1, -0.05) is 50.3 Å². The van der Waals surface area contributed by atoms with Crippen molar-refractivity contribution in [1.82, 2.24) is 4.57 Å². The second kappa shape index (κ2) is 7.49. The second-order valence-corrected chi connectivity index (χ2v) is 8.17. The van der Waals surface area contributed by atoms with Crippen LogP contribution in [-0.2, 0) is 16.0 Å². The number of Topliss-reactive ketones (excluding diaryl/α,β-unsaturated/α-hetero) is 1. The first-order valence-electron chi connectivity index (χ1n) is 10.4. The summed E-state index contributed by atoms with van der Waals surface area (Å²) in [6.07, 6.45) is 7.89. The van der Waals surface area contributed by atoms with E-state index in [0.29, 0.717) is 18.4 Å². The number of rotatable bonds is 3. The second-order valence-electron chi connectivity index (χ2n) is 8.17. The van der Waals surface area contributed by atoms with E-state index in [1.807, 2.05) is 31.2 Å². The summed E-state index contributed by atoms with van der Waals surface area (Å²) in [5, 5.41) is 1.03. The van der Waals surface area contributed by atoms with Gasteiger partial charge in [-0.15, -0.1) is 0 Å². The highest BCUT2D eigenvalue weighted by molar-refractivity contribution is 5.98. The van der Waals surface area contributed by atoms with Crippen LogP contribution in [0.5, 0.6) is 0 Å². The highest BCUT2D eigenvalue weighted by Gasteiger charge is 2.39. The zero-order valence-electron chi connectivity index (χ0n) is 16.4. The molecule has 4 heteroatoms. The standard InChI is InChI=1S/C23H29NO3/c1-3-27-23(26)24-20-12-8-7-11-18(20)22-19(15(2)25)13-17(14-21(22)24)16-9-5-4-6-10-16/h7-8,11-12,16-17,19H,3-6,9-10,13-14H2,1-2H3. The average Bonchev–Trinajstić information content (AvgIpc) is 3.02. The van der Waals surface area contributed by atoms with Crippen LogP contribution in [0.1, 0.15) is 69.5 Å². The van der Waals surface area contributed by atoms with Crippen molar-refractivity contribution in [2.75, 3.05) is 6.61 Å². The number of benzene rings is 1. The van der Waals surface area contributed by atoms with Crippen molar-refractivity contribution < 1.29 is 14.3 Å². The molecule has 27 heavy (non-hydrogen) atoms. The Morgan fingerprint density at radius 3 is 2.56 bits per heavy atom. The van der Waals surface area contributed by atoms with E-state index in [1.54, 1.807) is 11.5 Å². The maximum absolute atomic E-state index is 12.8. The van der Waals surface area contributed by atoms with Gasteiger partial charge in [0, 0.05) is 17.0 Å². The summed E-state index contributed by atoms with van der Waals surface area (Å²) in [5.74, 6) is 1.25. The van der Waals surface area contributed by atoms with E-state index in [4.69, 9.17) is 4.74 Å². The molecule has 0 saturated heterocycles. The van der Waals surface area contributed by atoms with Crippen LogP contribution in [-0.4, -0.2) is 23.1 Å². The number of carbonyl (C=O) groups excluding carboxylic acids is 2. The Hall–Kier alpha value is -2.10. The first-order chi connectivity index (χ1) is 13.1. The van der Waals surface area contributed by atoms with Crippen LogP contribution < -0.4 is 0 Å². The zero-order chi connectivity index (χ0) is 19.0. The third-order valence-electron chi connectivity index (χ3n) is 6.62. The van der Waals surface area contributed by atoms with Crippen molar-refractivity contribution in [3.63, 3.8) is 0 Å². The van der Waals surface area contributed by atoms with Gasteiger partial charge in [-0.05, 0) is 50.2 Å². The van der Waals surface area contributed by atoms with E-state index in [2.05, 4.69) is 0 Å². The van der Waals surface area contributed by atoms with Gasteiger partial charge in [0.15, 0.2) is 0 Å². The lowest BCUT2D eigenvalue weighted by Crippen LogP contribution is -2.31. The molecule has 1 heterocycles. The molecule has 1 aromatic carbocycles. The van der Waals surface area contributed by atoms with Crippen LogP contribution >= 0.6 is 0 Å². The maximum atomic E-state index is 12.8. The van der Waals surface area contributed by atoms with E-state index in [1.165, 1.54) is 32.1 Å². The fourth-order valence-corrected chi connectivity index (χ4v) is 5.39. The molecule has 0 aliphatic heterocycles. The SMILES string of the molecule is CCOC(=O)n1c2c(c3ccccc31)C(C(C)=O)CC(C1CCCCC1)C2. The van der Waals surface area contributed by atoms with Gasteiger partial charge in [0.1, 0.15) is 5.78 Å². The van der Waals surface area contributed by atoms with Gasteiger partial charge in [-0.3, -0.25) is 4.79 Å². The monoisotopic (exact) mass is 367 g/mol. The van der Waals surface area contributed by atoms with Gasteiger partial charge >= 0.3 is 6.09 Å². The Morgan fingerprint density at radius 1 is 1.11 bits per heavy atom. The predicted molar refractivity (Wildman–Crippen MR) is 106 cm³/mol. The number of aromatic nitrogens is 1. The molecule has 0 bridgehead atoms. The Morgan fingerprint density at radius 2 is 1.85 bits per heavy atom. The molecule has 2 atom stereocenters. The van der Waals surface area contributed by atoms with Crippen molar-refractivity contribution in [1.29, 1.82) is 0 Å². The van der Waals surface area contributed by atoms with Crippen LogP contribution in [0.2, 0.25) is 0 Å². The lowest BCUT2D eigenvalue weighted by Gasteiger charge is -2.36. The third kappa shape index (κ3) is 3.19. The molecule has 1 saturated carbocycles. The van der Waals surface area contributed by atoms with Gasteiger partial charge in [0.2, 0.25) is 0 Å². The third-order valence-corrected chi connectivity index (χ3v) is 6.62. The molecule has 1 aromatic heterocycles. The number of fused-ring (bicyclic) bond motifs is 3. The summed E-state index contributed by atoms with van der Waals surface area (Å²) in [7, 11) is 0. The van der Waals surface area contributed by atoms with E-state index >= 15 is 0 Å². The first kappa shape index (κ1) is 18.3. The van der Waals surface area contributed by atoms with E-state index < -0.39 is 0 Å². The number of ketones is 1. The summed E-state index contributed by atoms with van der Waals surface area (Å²) < 4.78 is 7.13. The highest BCUT2D eigenvalue weighted by Crippen LogP contribution is 2.46. The topological polar surface area (TPSA) is 48.3 Å². The summed E-state index contributed by atoms with van der Waals surface area (Å²) in [6.45, 7) is 3.88. The lowest BCUT2D eigenvalue weighted by atomic mass is 9.69. The van der Waals surface area contributed by atoms with E-state index in [9.17, 15) is 9.59 Å². The predicted octanol–water partition coefficient (Wildman–Crippen LogP) is 5.46. The number of hydrogen-bond acceptors (Lipinski definition) is 3. The Balaban J connectivity index is 1.85. The van der Waals surface area contributed by atoms with Crippen LogP contribution in [0, 0.1) is 11.8 Å². The minimum atomic E-state index is -0.318. The smallest absolute Gasteiger partial charge is 0.418 e. The number of carbonyl (C=O) groups is 2. The summed E-state index contributed by atoms with van der Waals surface area (Å²) in [5.41, 5.74) is 2.95. The fourth-order valence-electron chi connectivity index (χ4n) is 5.39. The Labute approximate surface area is 160 Å². The summed E-state index contributed by atoms with van der Waals surface area (Å²) >= 11 is 0. The quantitative estimate of drug-likeness (QED) is 0.723. The number of nitrogens with zero attached hydrogens (tertiary/aromatic N) is 1. The molecule has 144 valence electrons. The molecule has 2 unspecified atom stereocenters. The molecule has 0 amide bonds. The number of para-hydroxylation sites is 1. The Kier molecular flexibility index (Phi) is 5.07. The van der Waals surface area contributed by atoms with Crippen molar-refractivity contribution in [3.05, 3.63) is 35.5 Å². The van der Waals surface area contributed by atoms with E-state index in [-0.39, 0.29) is 17.8 Å². The normalized spacial score (nSPS) is 23.2. The summed E-state index contributed by atoms with van der Waals surface area (Å²) in [6, 6.07) is 7.95. The molecule has 2 aromatic rings. The molecule has 0 spiro atoms. The van der Waals surface area contributed by atoms with Crippen molar-refractivity contribution >= 4 is 22.8 Å². The van der Waals surface area contributed by atoms with Crippen LogP contribution in [0.4, 0.5) is 4.79 Å². The van der Waals surface area contributed by atoms with Crippen molar-refractivity contribution in [2.45, 2.75) is 64.7 Å². The molecule has 4 nitrogen and oxygen atoms in total. The fraction of sp³-hybridized carbons (Fsp3) is 0.565. The maximum Gasteiger partial charge on any atom is 0.418 e. The van der Waals surface area contributed by atoms with Gasteiger partial charge in [-0.2, -0.15) is 0 Å². The highest BCUT2D eigenvalue weighted by atomic mass is 16.5. The van der Waals surface area contributed by atoms with Gasteiger partial charge in [0.25, 0.3) is 0 Å². The van der Waals surface area contributed by atoms with Crippen molar-refractivity contribution in [2.24, 2.45) is 11.8 Å². The molecular weight excluding hydrogens is 338 g/mol. The minimum absolute atomic E-state index is 0.110. The van der Waals surface area contributed by atoms with Gasteiger partial charge < -0.3 is 4.74 Å². The van der Waals surface area contributed by atoms with Crippen LogP contribution in [0.15, 0.2) is 24.3 Å². The molecule has 0 N–H and O–H groups in total. The van der Waals surface area contributed by atoms with Crippen molar-refractivity contribution in [3.8, 4) is 0 Å². The lowest BCUT2D eigenvalue weighted by molar-refractivity contribution is -0.119. The Bertz CT molecular complexity index is 860. The molecule has 2 aliphatic carbocycles. The molecule has 4 rings (SSSR count). The number of ether oxygens (including phenoxy) is 1.